The van der Waals surface area contributed by atoms with Crippen LogP contribution in [-0.4, -0.2) is 36.6 Å². The van der Waals surface area contributed by atoms with Gasteiger partial charge in [0.05, 0.1) is 11.1 Å². The van der Waals surface area contributed by atoms with Crippen LogP contribution in [0.25, 0.3) is 11.1 Å². The molecule has 1 heterocycles. The Hall–Kier alpha value is -1.66. The molecule has 0 saturated heterocycles. The van der Waals surface area contributed by atoms with Crippen LogP contribution in [0.5, 0.6) is 0 Å². The third kappa shape index (κ3) is 2.69. The summed E-state index contributed by atoms with van der Waals surface area (Å²) in [6.45, 7) is 1.88. The van der Waals surface area contributed by atoms with Gasteiger partial charge in [-0.3, -0.25) is 4.68 Å². The summed E-state index contributed by atoms with van der Waals surface area (Å²) >= 11 is 0. The minimum Gasteiger partial charge on any atom is -0.275 e. The predicted octanol–water partition coefficient (Wildman–Crippen LogP) is 1.65. The first-order valence-corrected chi connectivity index (χ1v) is 7.28. The van der Waals surface area contributed by atoms with Crippen molar-refractivity contribution >= 4 is 10.0 Å². The van der Waals surface area contributed by atoms with E-state index in [4.69, 9.17) is 0 Å². The maximum absolute atomic E-state index is 12.2. The monoisotopic (exact) mass is 279 g/mol. The zero-order valence-corrected chi connectivity index (χ0v) is 12.3. The van der Waals surface area contributed by atoms with Crippen LogP contribution in [0.1, 0.15) is 5.56 Å². The van der Waals surface area contributed by atoms with Crippen LogP contribution < -0.4 is 0 Å². The standard InChI is InChI=1S/C13H17N3O2S/c1-10-5-11(12-8-14-16(4)9-12)7-13(6-10)19(17,18)15(2)3/h5-9H,1-4H3. The Morgan fingerprint density at radius 3 is 2.37 bits per heavy atom. The van der Waals surface area contributed by atoms with Crippen LogP contribution in [-0.2, 0) is 17.1 Å². The first kappa shape index (κ1) is 13.8. The van der Waals surface area contributed by atoms with E-state index in [0.717, 1.165) is 16.7 Å². The maximum Gasteiger partial charge on any atom is 0.242 e. The number of aryl methyl sites for hydroxylation is 2. The first-order chi connectivity index (χ1) is 8.80. The minimum absolute atomic E-state index is 0.302. The second kappa shape index (κ2) is 4.79. The van der Waals surface area contributed by atoms with Gasteiger partial charge in [-0.2, -0.15) is 5.10 Å². The van der Waals surface area contributed by atoms with E-state index >= 15 is 0 Å². The van der Waals surface area contributed by atoms with Gasteiger partial charge < -0.3 is 0 Å². The zero-order chi connectivity index (χ0) is 14.2. The lowest BCUT2D eigenvalue weighted by Gasteiger charge is -2.13. The van der Waals surface area contributed by atoms with E-state index in [2.05, 4.69) is 5.10 Å². The Bertz CT molecular complexity index is 702. The zero-order valence-electron chi connectivity index (χ0n) is 11.5. The van der Waals surface area contributed by atoms with E-state index in [1.54, 1.807) is 23.0 Å². The first-order valence-electron chi connectivity index (χ1n) is 5.84. The second-order valence-corrected chi connectivity index (χ2v) is 6.88. The van der Waals surface area contributed by atoms with Crippen molar-refractivity contribution in [2.75, 3.05) is 14.1 Å². The van der Waals surface area contributed by atoms with Crippen molar-refractivity contribution in [3.8, 4) is 11.1 Å². The molecule has 102 valence electrons. The highest BCUT2D eigenvalue weighted by Gasteiger charge is 2.18. The van der Waals surface area contributed by atoms with Crippen molar-refractivity contribution < 1.29 is 8.42 Å². The molecular formula is C13H17N3O2S. The van der Waals surface area contributed by atoms with E-state index in [9.17, 15) is 8.42 Å². The lowest BCUT2D eigenvalue weighted by molar-refractivity contribution is 0.520. The lowest BCUT2D eigenvalue weighted by atomic mass is 10.1. The summed E-state index contributed by atoms with van der Waals surface area (Å²) in [6, 6.07) is 5.31. The molecule has 0 amide bonds. The van der Waals surface area contributed by atoms with Crippen molar-refractivity contribution in [3.63, 3.8) is 0 Å². The fourth-order valence-corrected chi connectivity index (χ4v) is 2.88. The third-order valence-corrected chi connectivity index (χ3v) is 4.66. The molecule has 0 fully saturated rings. The highest BCUT2D eigenvalue weighted by atomic mass is 32.2. The number of hydrogen-bond acceptors (Lipinski definition) is 3. The molecule has 6 heteroatoms. The summed E-state index contributed by atoms with van der Waals surface area (Å²) in [5, 5.41) is 4.11. The van der Waals surface area contributed by atoms with Crippen LogP contribution in [0.2, 0.25) is 0 Å². The summed E-state index contributed by atoms with van der Waals surface area (Å²) in [6.07, 6.45) is 3.58. The van der Waals surface area contributed by atoms with Crippen molar-refractivity contribution in [2.45, 2.75) is 11.8 Å². The number of benzene rings is 1. The second-order valence-electron chi connectivity index (χ2n) is 4.72. The summed E-state index contributed by atoms with van der Waals surface area (Å²) in [5.41, 5.74) is 2.66. The molecule has 0 aliphatic rings. The third-order valence-electron chi connectivity index (χ3n) is 2.87. The molecule has 0 aliphatic carbocycles. The highest BCUT2D eigenvalue weighted by molar-refractivity contribution is 7.89. The lowest BCUT2D eigenvalue weighted by Crippen LogP contribution is -2.22. The predicted molar refractivity (Wildman–Crippen MR) is 74.3 cm³/mol. The maximum atomic E-state index is 12.2. The Morgan fingerprint density at radius 2 is 1.84 bits per heavy atom. The molecule has 2 rings (SSSR count). The highest BCUT2D eigenvalue weighted by Crippen LogP contribution is 2.25. The van der Waals surface area contributed by atoms with E-state index in [-0.39, 0.29) is 0 Å². The van der Waals surface area contributed by atoms with Crippen molar-refractivity contribution in [1.29, 1.82) is 0 Å². The van der Waals surface area contributed by atoms with E-state index < -0.39 is 10.0 Å². The minimum atomic E-state index is -3.42. The number of aromatic nitrogens is 2. The summed E-state index contributed by atoms with van der Waals surface area (Å²) in [5.74, 6) is 0. The number of rotatable bonds is 3. The van der Waals surface area contributed by atoms with Gasteiger partial charge in [-0.1, -0.05) is 6.07 Å². The number of hydrogen-bond donors (Lipinski definition) is 0. The number of nitrogens with zero attached hydrogens (tertiary/aromatic N) is 3. The molecule has 1 aromatic carbocycles. The Labute approximate surface area is 113 Å². The molecule has 0 N–H and O–H groups in total. The molecule has 0 radical (unpaired) electrons. The van der Waals surface area contributed by atoms with Gasteiger partial charge >= 0.3 is 0 Å². The topological polar surface area (TPSA) is 55.2 Å². The Kier molecular flexibility index (Phi) is 3.47. The summed E-state index contributed by atoms with van der Waals surface area (Å²) in [4.78, 5) is 0.302. The van der Waals surface area contributed by atoms with Crippen LogP contribution in [0.15, 0.2) is 35.5 Å². The summed E-state index contributed by atoms with van der Waals surface area (Å²) in [7, 11) is 1.47. The molecule has 0 atom stereocenters. The quantitative estimate of drug-likeness (QED) is 0.858. The average molecular weight is 279 g/mol. The van der Waals surface area contributed by atoms with Gasteiger partial charge in [0.1, 0.15) is 0 Å². The van der Waals surface area contributed by atoms with Gasteiger partial charge in [-0.05, 0) is 30.2 Å². The van der Waals surface area contributed by atoms with Crippen molar-refractivity contribution in [1.82, 2.24) is 14.1 Å². The van der Waals surface area contributed by atoms with Gasteiger partial charge in [0.2, 0.25) is 10.0 Å². The molecule has 2 aromatic rings. The van der Waals surface area contributed by atoms with Crippen LogP contribution in [0.4, 0.5) is 0 Å². The van der Waals surface area contributed by atoms with Gasteiger partial charge in [0, 0.05) is 32.9 Å². The normalized spacial score (nSPS) is 12.1. The molecule has 0 spiro atoms. The van der Waals surface area contributed by atoms with E-state index in [1.165, 1.54) is 18.4 Å². The molecular weight excluding hydrogens is 262 g/mol. The molecule has 19 heavy (non-hydrogen) atoms. The Balaban J connectivity index is 2.58. The van der Waals surface area contributed by atoms with Gasteiger partial charge in [0.25, 0.3) is 0 Å². The molecule has 0 saturated carbocycles. The van der Waals surface area contributed by atoms with Gasteiger partial charge in [-0.25, -0.2) is 12.7 Å². The molecule has 1 aromatic heterocycles. The smallest absolute Gasteiger partial charge is 0.242 e. The fraction of sp³-hybridized carbons (Fsp3) is 0.308. The van der Waals surface area contributed by atoms with Crippen LogP contribution >= 0.6 is 0 Å². The van der Waals surface area contributed by atoms with E-state index in [1.807, 2.05) is 26.2 Å². The molecule has 0 unspecified atom stereocenters. The number of sulfonamides is 1. The molecule has 0 aliphatic heterocycles. The van der Waals surface area contributed by atoms with E-state index in [0.29, 0.717) is 4.90 Å². The van der Waals surface area contributed by atoms with Gasteiger partial charge in [-0.15, -0.1) is 0 Å². The van der Waals surface area contributed by atoms with Crippen LogP contribution in [0, 0.1) is 6.92 Å². The largest absolute Gasteiger partial charge is 0.275 e. The van der Waals surface area contributed by atoms with Crippen molar-refractivity contribution in [2.24, 2.45) is 7.05 Å². The Morgan fingerprint density at radius 1 is 1.16 bits per heavy atom. The van der Waals surface area contributed by atoms with Crippen LogP contribution in [0.3, 0.4) is 0 Å². The van der Waals surface area contributed by atoms with Crippen molar-refractivity contribution in [3.05, 3.63) is 36.2 Å². The molecule has 5 nitrogen and oxygen atoms in total. The van der Waals surface area contributed by atoms with Gasteiger partial charge in [0.15, 0.2) is 0 Å². The SMILES string of the molecule is Cc1cc(-c2cnn(C)c2)cc(S(=O)(=O)N(C)C)c1. The average Bonchev–Trinajstić information content (AvgIpc) is 2.75. The summed E-state index contributed by atoms with van der Waals surface area (Å²) < 4.78 is 27.3. The fourth-order valence-electron chi connectivity index (χ4n) is 1.84. The molecule has 0 bridgehead atoms.